The summed E-state index contributed by atoms with van der Waals surface area (Å²) in [4.78, 5) is 11.6. The summed E-state index contributed by atoms with van der Waals surface area (Å²) in [6, 6.07) is 7.43. The van der Waals surface area contributed by atoms with Gasteiger partial charge in [-0.1, -0.05) is 26.0 Å². The highest BCUT2D eigenvalue weighted by molar-refractivity contribution is 5.74. The van der Waals surface area contributed by atoms with Crippen molar-refractivity contribution < 1.29 is 14.6 Å². The van der Waals surface area contributed by atoms with Crippen molar-refractivity contribution in [2.45, 2.75) is 39.8 Å². The number of amides is 2. The largest absolute Gasteiger partial charge is 0.491 e. The molecule has 2 unspecified atom stereocenters. The smallest absolute Gasteiger partial charge is 0.315 e. The second-order valence-corrected chi connectivity index (χ2v) is 5.67. The van der Waals surface area contributed by atoms with E-state index >= 15 is 0 Å². The zero-order chi connectivity index (χ0) is 15.8. The van der Waals surface area contributed by atoms with Gasteiger partial charge in [-0.2, -0.15) is 0 Å². The maximum Gasteiger partial charge on any atom is 0.315 e. The molecule has 3 N–H and O–H groups in total. The summed E-state index contributed by atoms with van der Waals surface area (Å²) in [6.07, 6.45) is -0.745. The predicted molar refractivity (Wildman–Crippen MR) is 83.5 cm³/mol. The van der Waals surface area contributed by atoms with Crippen LogP contribution in [0.25, 0.3) is 0 Å². The summed E-state index contributed by atoms with van der Waals surface area (Å²) < 4.78 is 5.48. The molecule has 0 bridgehead atoms. The van der Waals surface area contributed by atoms with E-state index in [1.807, 2.05) is 52.0 Å². The Bertz CT molecular complexity index is 449. The van der Waals surface area contributed by atoms with E-state index in [1.54, 1.807) is 0 Å². The average molecular weight is 294 g/mol. The lowest BCUT2D eigenvalue weighted by atomic mass is 10.1. The zero-order valence-corrected chi connectivity index (χ0v) is 13.2. The SMILES string of the molecule is Cc1cccc(OCC(O)CNC(=O)NC(C)C(C)C)c1. The van der Waals surface area contributed by atoms with Crippen molar-refractivity contribution in [3.05, 3.63) is 29.8 Å². The van der Waals surface area contributed by atoms with Gasteiger partial charge < -0.3 is 20.5 Å². The second kappa shape index (κ2) is 8.52. The van der Waals surface area contributed by atoms with Crippen LogP contribution in [0.4, 0.5) is 4.79 Å². The number of benzene rings is 1. The predicted octanol–water partition coefficient (Wildman–Crippen LogP) is 2.08. The van der Waals surface area contributed by atoms with Crippen LogP contribution in [-0.2, 0) is 0 Å². The van der Waals surface area contributed by atoms with E-state index in [1.165, 1.54) is 0 Å². The van der Waals surface area contributed by atoms with Crippen LogP contribution in [0, 0.1) is 12.8 Å². The number of hydrogen-bond donors (Lipinski definition) is 3. The van der Waals surface area contributed by atoms with E-state index in [-0.39, 0.29) is 25.2 Å². The summed E-state index contributed by atoms with van der Waals surface area (Å²) >= 11 is 0. The molecule has 0 aliphatic heterocycles. The third-order valence-corrected chi connectivity index (χ3v) is 3.29. The van der Waals surface area contributed by atoms with Gasteiger partial charge in [-0.15, -0.1) is 0 Å². The van der Waals surface area contributed by atoms with Gasteiger partial charge in [0.05, 0.1) is 0 Å². The second-order valence-electron chi connectivity index (χ2n) is 5.67. The number of aryl methyl sites for hydroxylation is 1. The molecule has 0 radical (unpaired) electrons. The summed E-state index contributed by atoms with van der Waals surface area (Å²) in [7, 11) is 0. The molecule has 0 spiro atoms. The van der Waals surface area contributed by atoms with Gasteiger partial charge in [0.2, 0.25) is 0 Å². The van der Waals surface area contributed by atoms with Gasteiger partial charge in [0, 0.05) is 12.6 Å². The van der Waals surface area contributed by atoms with Crippen molar-refractivity contribution >= 4 is 6.03 Å². The number of nitrogens with one attached hydrogen (secondary N) is 2. The minimum Gasteiger partial charge on any atom is -0.491 e. The fraction of sp³-hybridized carbons (Fsp3) is 0.562. The van der Waals surface area contributed by atoms with Crippen molar-refractivity contribution in [2.75, 3.05) is 13.2 Å². The monoisotopic (exact) mass is 294 g/mol. The van der Waals surface area contributed by atoms with E-state index in [0.717, 1.165) is 5.56 Å². The van der Waals surface area contributed by atoms with Gasteiger partial charge in [0.15, 0.2) is 0 Å². The number of hydrogen-bond acceptors (Lipinski definition) is 3. The number of aliphatic hydroxyl groups is 1. The first-order chi connectivity index (χ1) is 9.88. The Hall–Kier alpha value is -1.75. The molecule has 0 aliphatic carbocycles. The topological polar surface area (TPSA) is 70.6 Å². The van der Waals surface area contributed by atoms with Crippen molar-refractivity contribution in [1.82, 2.24) is 10.6 Å². The fourth-order valence-corrected chi connectivity index (χ4v) is 1.59. The number of rotatable bonds is 7. The molecule has 0 fully saturated rings. The Labute approximate surface area is 126 Å². The van der Waals surface area contributed by atoms with Crippen LogP contribution < -0.4 is 15.4 Å². The Balaban J connectivity index is 2.25. The molecule has 5 heteroatoms. The molecule has 0 aromatic heterocycles. The number of carbonyl (C=O) groups is 1. The van der Waals surface area contributed by atoms with Gasteiger partial charge in [-0.05, 0) is 37.5 Å². The molecule has 0 saturated heterocycles. The van der Waals surface area contributed by atoms with Crippen LogP contribution in [0.2, 0.25) is 0 Å². The molecule has 1 aromatic rings. The highest BCUT2D eigenvalue weighted by atomic mass is 16.5. The normalized spacial score (nSPS) is 13.6. The molecule has 0 aliphatic rings. The first-order valence-corrected chi connectivity index (χ1v) is 7.30. The van der Waals surface area contributed by atoms with Gasteiger partial charge in [-0.25, -0.2) is 4.79 Å². The molecule has 118 valence electrons. The maximum atomic E-state index is 11.6. The van der Waals surface area contributed by atoms with Crippen molar-refractivity contribution in [3.8, 4) is 5.75 Å². The van der Waals surface area contributed by atoms with Crippen molar-refractivity contribution in [3.63, 3.8) is 0 Å². The molecule has 0 heterocycles. The fourth-order valence-electron chi connectivity index (χ4n) is 1.59. The van der Waals surface area contributed by atoms with Crippen LogP contribution in [0.1, 0.15) is 26.3 Å². The summed E-state index contributed by atoms with van der Waals surface area (Å²) in [5.74, 6) is 1.08. The van der Waals surface area contributed by atoms with Gasteiger partial charge in [0.25, 0.3) is 0 Å². The number of urea groups is 1. The lowest BCUT2D eigenvalue weighted by molar-refractivity contribution is 0.107. The number of aliphatic hydroxyl groups excluding tert-OH is 1. The van der Waals surface area contributed by atoms with Crippen LogP contribution in [0.15, 0.2) is 24.3 Å². The van der Waals surface area contributed by atoms with Gasteiger partial charge in [0.1, 0.15) is 18.5 Å². The van der Waals surface area contributed by atoms with E-state index in [4.69, 9.17) is 4.74 Å². The summed E-state index contributed by atoms with van der Waals surface area (Å²) in [6.45, 7) is 8.30. The van der Waals surface area contributed by atoms with Crippen LogP contribution in [0.5, 0.6) is 5.75 Å². The minimum atomic E-state index is -0.745. The first kappa shape index (κ1) is 17.3. The average Bonchev–Trinajstić information content (AvgIpc) is 2.42. The molecule has 1 aromatic carbocycles. The van der Waals surface area contributed by atoms with Crippen LogP contribution in [0.3, 0.4) is 0 Å². The zero-order valence-electron chi connectivity index (χ0n) is 13.2. The Morgan fingerprint density at radius 3 is 2.67 bits per heavy atom. The molecular weight excluding hydrogens is 268 g/mol. The third kappa shape index (κ3) is 6.99. The summed E-state index contributed by atoms with van der Waals surface area (Å²) in [5, 5.41) is 15.3. The lowest BCUT2D eigenvalue weighted by Crippen LogP contribution is -2.45. The number of carbonyl (C=O) groups excluding carboxylic acids is 1. The van der Waals surface area contributed by atoms with E-state index in [9.17, 15) is 9.90 Å². The number of ether oxygens (including phenoxy) is 1. The lowest BCUT2D eigenvalue weighted by Gasteiger charge is -2.19. The Morgan fingerprint density at radius 2 is 2.05 bits per heavy atom. The molecule has 5 nitrogen and oxygen atoms in total. The molecule has 0 saturated carbocycles. The molecular formula is C16H26N2O3. The Kier molecular flexibility index (Phi) is 7.02. The van der Waals surface area contributed by atoms with E-state index < -0.39 is 6.10 Å². The quantitative estimate of drug-likeness (QED) is 0.721. The van der Waals surface area contributed by atoms with E-state index in [2.05, 4.69) is 10.6 Å². The van der Waals surface area contributed by atoms with Gasteiger partial charge in [-0.3, -0.25) is 0 Å². The standard InChI is InChI=1S/C16H26N2O3/c1-11(2)13(4)18-16(20)17-9-14(19)10-21-15-7-5-6-12(3)8-15/h5-8,11,13-14,19H,9-10H2,1-4H3,(H2,17,18,20). The molecule has 1 rings (SSSR count). The highest BCUT2D eigenvalue weighted by Crippen LogP contribution is 2.12. The van der Waals surface area contributed by atoms with E-state index in [0.29, 0.717) is 11.7 Å². The molecule has 2 amide bonds. The highest BCUT2D eigenvalue weighted by Gasteiger charge is 2.12. The first-order valence-electron chi connectivity index (χ1n) is 7.30. The van der Waals surface area contributed by atoms with Crippen LogP contribution >= 0.6 is 0 Å². The third-order valence-electron chi connectivity index (χ3n) is 3.29. The molecule has 21 heavy (non-hydrogen) atoms. The van der Waals surface area contributed by atoms with Crippen molar-refractivity contribution in [1.29, 1.82) is 0 Å². The molecule has 2 atom stereocenters. The summed E-state index contributed by atoms with van der Waals surface area (Å²) in [5.41, 5.74) is 1.10. The minimum absolute atomic E-state index is 0.0886. The van der Waals surface area contributed by atoms with Gasteiger partial charge >= 0.3 is 6.03 Å². The van der Waals surface area contributed by atoms with Crippen LogP contribution in [-0.4, -0.2) is 36.4 Å². The van der Waals surface area contributed by atoms with Crippen molar-refractivity contribution in [2.24, 2.45) is 5.92 Å². The maximum absolute atomic E-state index is 11.6. The Morgan fingerprint density at radius 1 is 1.33 bits per heavy atom.